The Morgan fingerprint density at radius 3 is 1.76 bits per heavy atom. The Morgan fingerprint density at radius 1 is 0.920 bits per heavy atom. The van der Waals surface area contributed by atoms with Gasteiger partial charge in [-0.15, -0.1) is 0 Å². The SMILES string of the molecule is CC(=O)OC[C@@H](O)C(F)(F)[C@H](OC(C)=O)[C@@H](OC(C)=O)C(=O)C(C)=O. The van der Waals surface area contributed by atoms with Crippen LogP contribution in [0.25, 0.3) is 0 Å². The van der Waals surface area contributed by atoms with Crippen molar-refractivity contribution in [2.45, 2.75) is 51.9 Å². The van der Waals surface area contributed by atoms with Gasteiger partial charge in [0.2, 0.25) is 18.0 Å². The summed E-state index contributed by atoms with van der Waals surface area (Å²) in [6, 6.07) is 0. The van der Waals surface area contributed by atoms with Crippen molar-refractivity contribution in [1.29, 1.82) is 0 Å². The summed E-state index contributed by atoms with van der Waals surface area (Å²) in [4.78, 5) is 55.9. The molecule has 1 N–H and O–H groups in total. The molecule has 0 aromatic rings. The molecular weight excluding hydrogens is 350 g/mol. The summed E-state index contributed by atoms with van der Waals surface area (Å²) in [6.45, 7) is 1.94. The molecule has 0 rings (SSSR count). The van der Waals surface area contributed by atoms with E-state index in [1.54, 1.807) is 0 Å². The molecule has 3 atom stereocenters. The van der Waals surface area contributed by atoms with Gasteiger partial charge in [-0.05, 0) is 0 Å². The maximum atomic E-state index is 14.4. The number of carbonyl (C=O) groups excluding carboxylic acids is 5. The summed E-state index contributed by atoms with van der Waals surface area (Å²) < 4.78 is 41.9. The van der Waals surface area contributed by atoms with Crippen molar-refractivity contribution >= 4 is 29.5 Å². The highest BCUT2D eigenvalue weighted by atomic mass is 19.3. The van der Waals surface area contributed by atoms with Crippen LogP contribution in [-0.4, -0.2) is 65.4 Å². The summed E-state index contributed by atoms with van der Waals surface area (Å²) in [6.07, 6.45) is -8.00. The fraction of sp³-hybridized carbons (Fsp3) is 0.643. The minimum Gasteiger partial charge on any atom is -0.463 e. The Kier molecular flexibility index (Phi) is 8.27. The van der Waals surface area contributed by atoms with Gasteiger partial charge in [0, 0.05) is 27.7 Å². The number of hydrogen-bond donors (Lipinski definition) is 1. The maximum Gasteiger partial charge on any atom is 0.316 e. The third kappa shape index (κ3) is 6.91. The number of esters is 3. The van der Waals surface area contributed by atoms with E-state index in [1.165, 1.54) is 0 Å². The fourth-order valence-corrected chi connectivity index (χ4v) is 1.65. The fourth-order valence-electron chi connectivity index (χ4n) is 1.65. The standard InChI is InChI=1S/C14H18F2O9/c1-6(17)11(22)12(24-8(3)19)13(25-9(4)20)14(15,16)10(21)5-23-7(2)18/h10,12-13,21H,5H2,1-4H3/t10-,12+,13-/m1/s1. The van der Waals surface area contributed by atoms with Crippen LogP contribution in [0.4, 0.5) is 8.78 Å². The van der Waals surface area contributed by atoms with Gasteiger partial charge in [0.05, 0.1) is 0 Å². The quantitative estimate of drug-likeness (QED) is 0.327. The molecule has 0 amide bonds. The van der Waals surface area contributed by atoms with Gasteiger partial charge in [-0.1, -0.05) is 0 Å². The van der Waals surface area contributed by atoms with E-state index in [-0.39, 0.29) is 0 Å². The number of ether oxygens (including phenoxy) is 3. The molecule has 0 saturated heterocycles. The number of hydrogen-bond acceptors (Lipinski definition) is 9. The first kappa shape index (κ1) is 22.6. The molecule has 0 aliphatic heterocycles. The van der Waals surface area contributed by atoms with Crippen LogP contribution < -0.4 is 0 Å². The molecule has 0 radical (unpaired) electrons. The zero-order valence-corrected chi connectivity index (χ0v) is 13.9. The normalized spacial score (nSPS) is 14.7. The number of carbonyl (C=O) groups is 5. The van der Waals surface area contributed by atoms with Gasteiger partial charge >= 0.3 is 23.8 Å². The van der Waals surface area contributed by atoms with Crippen molar-refractivity contribution in [1.82, 2.24) is 0 Å². The lowest BCUT2D eigenvalue weighted by molar-refractivity contribution is -0.230. The molecule has 0 spiro atoms. The van der Waals surface area contributed by atoms with E-state index >= 15 is 0 Å². The first-order chi connectivity index (χ1) is 11.3. The molecule has 142 valence electrons. The minimum atomic E-state index is -4.40. The first-order valence-corrected chi connectivity index (χ1v) is 6.89. The van der Waals surface area contributed by atoms with Crippen LogP contribution in [0.15, 0.2) is 0 Å². The second-order valence-corrected chi connectivity index (χ2v) is 4.97. The van der Waals surface area contributed by atoms with Gasteiger partial charge in [0.15, 0.2) is 11.9 Å². The highest BCUT2D eigenvalue weighted by Gasteiger charge is 2.56. The van der Waals surface area contributed by atoms with Crippen molar-refractivity contribution in [3.8, 4) is 0 Å². The van der Waals surface area contributed by atoms with E-state index in [2.05, 4.69) is 14.2 Å². The molecule has 9 nitrogen and oxygen atoms in total. The second-order valence-electron chi connectivity index (χ2n) is 4.97. The lowest BCUT2D eigenvalue weighted by Crippen LogP contribution is -2.57. The summed E-state index contributed by atoms with van der Waals surface area (Å²) >= 11 is 0. The molecule has 0 heterocycles. The Balaban J connectivity index is 5.84. The predicted molar refractivity (Wildman–Crippen MR) is 74.4 cm³/mol. The molecular formula is C14H18F2O9. The lowest BCUT2D eigenvalue weighted by atomic mass is 9.97. The van der Waals surface area contributed by atoms with E-state index in [4.69, 9.17) is 0 Å². The molecule has 0 bridgehead atoms. The van der Waals surface area contributed by atoms with E-state index in [0.717, 1.165) is 27.7 Å². The Hall–Kier alpha value is -2.43. The molecule has 0 fully saturated rings. The lowest BCUT2D eigenvalue weighted by Gasteiger charge is -2.33. The maximum absolute atomic E-state index is 14.4. The molecule has 0 aliphatic rings. The number of alkyl halides is 2. The Labute approximate surface area is 141 Å². The van der Waals surface area contributed by atoms with Crippen LogP contribution in [0.1, 0.15) is 27.7 Å². The van der Waals surface area contributed by atoms with Crippen LogP contribution in [0.5, 0.6) is 0 Å². The average molecular weight is 368 g/mol. The van der Waals surface area contributed by atoms with E-state index in [0.29, 0.717) is 0 Å². The third-order valence-corrected chi connectivity index (χ3v) is 2.73. The van der Waals surface area contributed by atoms with Crippen LogP contribution in [0.3, 0.4) is 0 Å². The van der Waals surface area contributed by atoms with E-state index in [1.807, 2.05) is 0 Å². The van der Waals surface area contributed by atoms with Crippen LogP contribution >= 0.6 is 0 Å². The zero-order valence-electron chi connectivity index (χ0n) is 13.9. The zero-order chi connectivity index (χ0) is 19.9. The number of aliphatic hydroxyl groups excluding tert-OH is 1. The van der Waals surface area contributed by atoms with Gasteiger partial charge in [0.1, 0.15) is 6.61 Å². The molecule has 0 aromatic heterocycles. The number of aliphatic hydroxyl groups is 1. The summed E-state index contributed by atoms with van der Waals surface area (Å²) in [5.41, 5.74) is 0. The van der Waals surface area contributed by atoms with Gasteiger partial charge < -0.3 is 19.3 Å². The van der Waals surface area contributed by atoms with Crippen molar-refractivity contribution in [2.24, 2.45) is 0 Å². The van der Waals surface area contributed by atoms with E-state index in [9.17, 15) is 37.9 Å². The predicted octanol–water partition coefficient (Wildman–Crippen LogP) is -0.433. The van der Waals surface area contributed by atoms with Crippen LogP contribution in [0.2, 0.25) is 0 Å². The molecule has 11 heteroatoms. The second kappa shape index (κ2) is 9.16. The molecule has 0 saturated carbocycles. The van der Waals surface area contributed by atoms with Crippen molar-refractivity contribution < 1.29 is 52.1 Å². The summed E-state index contributed by atoms with van der Waals surface area (Å²) in [5, 5.41) is 9.56. The Morgan fingerprint density at radius 2 is 1.40 bits per heavy atom. The van der Waals surface area contributed by atoms with Crippen LogP contribution in [-0.2, 0) is 38.2 Å². The Bertz CT molecular complexity index is 559. The summed E-state index contributed by atoms with van der Waals surface area (Å²) in [7, 11) is 0. The van der Waals surface area contributed by atoms with E-state index < -0.39 is 60.3 Å². The average Bonchev–Trinajstić information content (AvgIpc) is 2.46. The van der Waals surface area contributed by atoms with Crippen molar-refractivity contribution in [2.75, 3.05) is 6.61 Å². The van der Waals surface area contributed by atoms with Gasteiger partial charge in [-0.2, -0.15) is 8.78 Å². The molecule has 0 aliphatic carbocycles. The topological polar surface area (TPSA) is 133 Å². The first-order valence-electron chi connectivity index (χ1n) is 6.89. The largest absolute Gasteiger partial charge is 0.463 e. The third-order valence-electron chi connectivity index (χ3n) is 2.73. The van der Waals surface area contributed by atoms with Crippen LogP contribution in [0, 0.1) is 0 Å². The van der Waals surface area contributed by atoms with Gasteiger partial charge in [0.25, 0.3) is 0 Å². The number of halogens is 2. The molecule has 0 unspecified atom stereocenters. The summed E-state index contributed by atoms with van der Waals surface area (Å²) in [5.74, 6) is -10.7. The van der Waals surface area contributed by atoms with Gasteiger partial charge in [-0.25, -0.2) is 0 Å². The number of ketones is 2. The molecule has 25 heavy (non-hydrogen) atoms. The van der Waals surface area contributed by atoms with Crippen molar-refractivity contribution in [3.05, 3.63) is 0 Å². The van der Waals surface area contributed by atoms with Gasteiger partial charge in [-0.3, -0.25) is 24.0 Å². The number of rotatable bonds is 9. The smallest absolute Gasteiger partial charge is 0.316 e. The highest BCUT2D eigenvalue weighted by Crippen LogP contribution is 2.30. The number of Topliss-reactive ketones (excluding diaryl/α,β-unsaturated/α-hetero) is 2. The monoisotopic (exact) mass is 368 g/mol. The molecule has 0 aromatic carbocycles. The minimum absolute atomic E-state index is 0.727. The van der Waals surface area contributed by atoms with Crippen molar-refractivity contribution in [3.63, 3.8) is 0 Å². The highest BCUT2D eigenvalue weighted by molar-refractivity contribution is 6.38.